The Labute approximate surface area is 150 Å². The maximum absolute atomic E-state index is 5.35. The van der Waals surface area contributed by atoms with Crippen LogP contribution in [0.15, 0.2) is 47.6 Å². The summed E-state index contributed by atoms with van der Waals surface area (Å²) in [5.74, 6) is 1.86. The highest BCUT2D eigenvalue weighted by Crippen LogP contribution is 2.31. The summed E-state index contributed by atoms with van der Waals surface area (Å²) in [7, 11) is 3.19. The molecule has 0 spiro atoms. The van der Waals surface area contributed by atoms with Gasteiger partial charge in [0, 0.05) is 5.56 Å². The van der Waals surface area contributed by atoms with Crippen molar-refractivity contribution >= 4 is 18.4 Å². The SMILES string of the molecule is COc1ccc(-c2n[nH]c(=S)n2/N=C\c2ccccc2C)cc1OC. The number of nitrogens with zero attached hydrogens (tertiary/aromatic N) is 3. The molecular formula is C18H18N4O2S. The summed E-state index contributed by atoms with van der Waals surface area (Å²) in [5.41, 5.74) is 2.96. The average molecular weight is 354 g/mol. The quantitative estimate of drug-likeness (QED) is 0.559. The number of benzene rings is 2. The third-order valence-corrected chi connectivity index (χ3v) is 4.06. The molecule has 6 nitrogen and oxygen atoms in total. The molecule has 0 atom stereocenters. The largest absolute Gasteiger partial charge is 0.493 e. The molecule has 1 heterocycles. The fourth-order valence-corrected chi connectivity index (χ4v) is 2.59. The van der Waals surface area contributed by atoms with Crippen LogP contribution in [-0.4, -0.2) is 35.3 Å². The molecule has 0 saturated carbocycles. The van der Waals surface area contributed by atoms with E-state index in [-0.39, 0.29) is 0 Å². The Kier molecular flexibility index (Phi) is 4.95. The molecule has 0 unspecified atom stereocenters. The molecule has 25 heavy (non-hydrogen) atoms. The van der Waals surface area contributed by atoms with Crippen molar-refractivity contribution in [3.05, 3.63) is 58.4 Å². The average Bonchev–Trinajstić information content (AvgIpc) is 3.01. The molecular weight excluding hydrogens is 336 g/mol. The predicted molar refractivity (Wildman–Crippen MR) is 100 cm³/mol. The van der Waals surface area contributed by atoms with Gasteiger partial charge in [-0.05, 0) is 48.5 Å². The van der Waals surface area contributed by atoms with Gasteiger partial charge < -0.3 is 9.47 Å². The first-order chi connectivity index (χ1) is 12.1. The lowest BCUT2D eigenvalue weighted by Crippen LogP contribution is -1.97. The molecule has 0 radical (unpaired) electrons. The first-order valence-corrected chi connectivity index (χ1v) is 8.04. The Hall–Kier alpha value is -2.93. The van der Waals surface area contributed by atoms with E-state index in [1.54, 1.807) is 25.1 Å². The molecule has 1 N–H and O–H groups in total. The van der Waals surface area contributed by atoms with Gasteiger partial charge in [0.2, 0.25) is 4.77 Å². The Morgan fingerprint density at radius 2 is 1.88 bits per heavy atom. The van der Waals surface area contributed by atoms with Gasteiger partial charge in [-0.3, -0.25) is 0 Å². The molecule has 3 aromatic rings. The molecule has 0 aliphatic rings. The van der Waals surface area contributed by atoms with Crippen molar-refractivity contribution in [2.75, 3.05) is 14.2 Å². The number of methoxy groups -OCH3 is 2. The smallest absolute Gasteiger partial charge is 0.216 e. The van der Waals surface area contributed by atoms with Gasteiger partial charge in [0.25, 0.3) is 0 Å². The number of aryl methyl sites for hydroxylation is 1. The van der Waals surface area contributed by atoms with Crippen molar-refractivity contribution in [2.45, 2.75) is 6.92 Å². The van der Waals surface area contributed by atoms with Gasteiger partial charge in [-0.2, -0.15) is 14.9 Å². The van der Waals surface area contributed by atoms with E-state index in [9.17, 15) is 0 Å². The van der Waals surface area contributed by atoms with Crippen LogP contribution in [0.4, 0.5) is 0 Å². The van der Waals surface area contributed by atoms with E-state index >= 15 is 0 Å². The fraction of sp³-hybridized carbons (Fsp3) is 0.167. The van der Waals surface area contributed by atoms with Crippen molar-refractivity contribution in [1.82, 2.24) is 14.9 Å². The van der Waals surface area contributed by atoms with Gasteiger partial charge in [0.05, 0.1) is 20.4 Å². The zero-order chi connectivity index (χ0) is 17.8. The summed E-state index contributed by atoms with van der Waals surface area (Å²) >= 11 is 5.31. The molecule has 7 heteroatoms. The number of nitrogens with one attached hydrogen (secondary N) is 1. The van der Waals surface area contributed by atoms with Gasteiger partial charge in [-0.25, -0.2) is 5.10 Å². The summed E-state index contributed by atoms with van der Waals surface area (Å²) in [6.07, 6.45) is 1.77. The molecule has 0 amide bonds. The normalized spacial score (nSPS) is 11.0. The van der Waals surface area contributed by atoms with Crippen LogP contribution in [-0.2, 0) is 0 Å². The summed E-state index contributed by atoms with van der Waals surface area (Å²) in [4.78, 5) is 0. The number of aromatic amines is 1. The number of H-pyrrole nitrogens is 1. The summed E-state index contributed by atoms with van der Waals surface area (Å²) in [5, 5.41) is 11.6. The first kappa shape index (κ1) is 16.9. The Balaban J connectivity index is 2.03. The lowest BCUT2D eigenvalue weighted by molar-refractivity contribution is 0.355. The second kappa shape index (κ2) is 7.31. The zero-order valence-corrected chi connectivity index (χ0v) is 15.0. The summed E-state index contributed by atoms with van der Waals surface area (Å²) < 4.78 is 12.6. The van der Waals surface area contributed by atoms with E-state index in [0.717, 1.165) is 16.7 Å². The number of hydrogen-bond donors (Lipinski definition) is 1. The van der Waals surface area contributed by atoms with Crippen molar-refractivity contribution in [3.63, 3.8) is 0 Å². The molecule has 0 bridgehead atoms. The minimum Gasteiger partial charge on any atom is -0.493 e. The van der Waals surface area contributed by atoms with E-state index in [1.165, 1.54) is 0 Å². The number of ether oxygens (including phenoxy) is 2. The van der Waals surface area contributed by atoms with Crippen LogP contribution in [0.5, 0.6) is 11.5 Å². The molecule has 128 valence electrons. The standard InChI is InChI=1S/C18H18N4O2S/c1-12-6-4-5-7-14(12)11-19-22-17(20-21-18(22)25)13-8-9-15(23-2)16(10-13)24-3/h4-11H,1-3H3,(H,21,25)/b19-11-. The second-order valence-corrected chi connectivity index (χ2v) is 5.72. The van der Waals surface area contributed by atoms with Crippen LogP contribution in [0.1, 0.15) is 11.1 Å². The zero-order valence-electron chi connectivity index (χ0n) is 14.2. The number of rotatable bonds is 5. The molecule has 0 aliphatic carbocycles. The van der Waals surface area contributed by atoms with Crippen LogP contribution in [0.2, 0.25) is 0 Å². The van der Waals surface area contributed by atoms with E-state index in [2.05, 4.69) is 15.3 Å². The van der Waals surface area contributed by atoms with Crippen LogP contribution in [0, 0.1) is 11.7 Å². The number of hydrogen-bond acceptors (Lipinski definition) is 5. The van der Waals surface area contributed by atoms with Gasteiger partial charge in [0.15, 0.2) is 17.3 Å². The fourth-order valence-electron chi connectivity index (χ4n) is 2.41. The van der Waals surface area contributed by atoms with Gasteiger partial charge >= 0.3 is 0 Å². The van der Waals surface area contributed by atoms with Crippen molar-refractivity contribution < 1.29 is 9.47 Å². The summed E-state index contributed by atoms with van der Waals surface area (Å²) in [6, 6.07) is 13.5. The molecule has 0 aliphatic heterocycles. The maximum atomic E-state index is 5.35. The molecule has 0 fully saturated rings. The molecule has 1 aromatic heterocycles. The lowest BCUT2D eigenvalue weighted by atomic mass is 10.1. The molecule has 0 saturated heterocycles. The lowest BCUT2D eigenvalue weighted by Gasteiger charge is -2.09. The highest BCUT2D eigenvalue weighted by molar-refractivity contribution is 7.71. The van der Waals surface area contributed by atoms with Crippen molar-refractivity contribution in [2.24, 2.45) is 5.10 Å². The van der Waals surface area contributed by atoms with Crippen molar-refractivity contribution in [1.29, 1.82) is 0 Å². The Morgan fingerprint density at radius 1 is 1.12 bits per heavy atom. The predicted octanol–water partition coefficient (Wildman–Crippen LogP) is 3.82. The third kappa shape index (κ3) is 3.46. The van der Waals surface area contributed by atoms with Gasteiger partial charge in [-0.1, -0.05) is 24.3 Å². The Bertz CT molecular complexity index is 975. The van der Waals surface area contributed by atoms with Crippen molar-refractivity contribution in [3.8, 4) is 22.9 Å². The van der Waals surface area contributed by atoms with Crippen LogP contribution in [0.3, 0.4) is 0 Å². The van der Waals surface area contributed by atoms with Crippen LogP contribution in [0.25, 0.3) is 11.4 Å². The maximum Gasteiger partial charge on any atom is 0.216 e. The monoisotopic (exact) mass is 354 g/mol. The van der Waals surface area contributed by atoms with E-state index in [1.807, 2.05) is 49.4 Å². The Morgan fingerprint density at radius 3 is 2.60 bits per heavy atom. The van der Waals surface area contributed by atoms with Crippen LogP contribution >= 0.6 is 12.2 Å². The topological polar surface area (TPSA) is 64.4 Å². The minimum atomic E-state index is 0.412. The third-order valence-electron chi connectivity index (χ3n) is 3.79. The van der Waals surface area contributed by atoms with E-state index in [4.69, 9.17) is 21.7 Å². The highest BCUT2D eigenvalue weighted by atomic mass is 32.1. The minimum absolute atomic E-state index is 0.412. The van der Waals surface area contributed by atoms with Gasteiger partial charge in [0.1, 0.15) is 0 Å². The number of aromatic nitrogens is 3. The van der Waals surface area contributed by atoms with E-state index in [0.29, 0.717) is 22.1 Å². The first-order valence-electron chi connectivity index (χ1n) is 7.64. The second-order valence-electron chi connectivity index (χ2n) is 5.34. The molecule has 2 aromatic carbocycles. The van der Waals surface area contributed by atoms with Crippen LogP contribution < -0.4 is 9.47 Å². The van der Waals surface area contributed by atoms with Gasteiger partial charge in [-0.15, -0.1) is 0 Å². The highest BCUT2D eigenvalue weighted by Gasteiger charge is 2.12. The summed E-state index contributed by atoms with van der Waals surface area (Å²) in [6.45, 7) is 2.03. The van der Waals surface area contributed by atoms with E-state index < -0.39 is 0 Å². The molecule has 3 rings (SSSR count).